The molecule has 0 radical (unpaired) electrons. The minimum atomic E-state index is 0.752. The summed E-state index contributed by atoms with van der Waals surface area (Å²) in [7, 11) is 0. The van der Waals surface area contributed by atoms with Crippen LogP contribution in [0, 0.1) is 11.8 Å². The third-order valence-electron chi connectivity index (χ3n) is 5.28. The highest BCUT2D eigenvalue weighted by Crippen LogP contribution is 2.33. The second kappa shape index (κ2) is 7.64. The molecular formula is C17H34N2. The van der Waals surface area contributed by atoms with Crippen LogP contribution in [0.1, 0.15) is 65.7 Å². The van der Waals surface area contributed by atoms with Crippen molar-refractivity contribution in [3.63, 3.8) is 0 Å². The van der Waals surface area contributed by atoms with Gasteiger partial charge >= 0.3 is 0 Å². The molecule has 2 rings (SSSR count). The molecule has 1 N–H and O–H groups in total. The molecule has 19 heavy (non-hydrogen) atoms. The van der Waals surface area contributed by atoms with Gasteiger partial charge < -0.3 is 5.32 Å². The smallest absolute Gasteiger partial charge is 0.0195 e. The molecule has 112 valence electrons. The van der Waals surface area contributed by atoms with E-state index in [1.807, 2.05) is 0 Å². The lowest BCUT2D eigenvalue weighted by atomic mass is 9.77. The van der Waals surface area contributed by atoms with Crippen LogP contribution >= 0.6 is 0 Å². The van der Waals surface area contributed by atoms with Crippen molar-refractivity contribution in [2.24, 2.45) is 11.8 Å². The molecule has 0 aromatic rings. The first-order valence-corrected chi connectivity index (χ1v) is 8.69. The molecule has 3 unspecified atom stereocenters. The Labute approximate surface area is 120 Å². The van der Waals surface area contributed by atoms with E-state index in [4.69, 9.17) is 0 Å². The summed E-state index contributed by atoms with van der Waals surface area (Å²) in [5.74, 6) is 1.78. The van der Waals surface area contributed by atoms with Crippen LogP contribution in [0.5, 0.6) is 0 Å². The summed E-state index contributed by atoms with van der Waals surface area (Å²) in [5.41, 5.74) is 0. The van der Waals surface area contributed by atoms with Gasteiger partial charge in [0.05, 0.1) is 0 Å². The quantitative estimate of drug-likeness (QED) is 0.817. The maximum atomic E-state index is 3.74. The molecular weight excluding hydrogens is 232 g/mol. The lowest BCUT2D eigenvalue weighted by Crippen LogP contribution is -2.52. The zero-order chi connectivity index (χ0) is 13.7. The third-order valence-corrected chi connectivity index (χ3v) is 5.28. The Kier molecular flexibility index (Phi) is 6.15. The Balaban J connectivity index is 1.96. The van der Waals surface area contributed by atoms with E-state index in [2.05, 4.69) is 31.0 Å². The Morgan fingerprint density at radius 3 is 2.32 bits per heavy atom. The van der Waals surface area contributed by atoms with E-state index >= 15 is 0 Å². The van der Waals surface area contributed by atoms with Gasteiger partial charge in [-0.2, -0.15) is 0 Å². The summed E-state index contributed by atoms with van der Waals surface area (Å²) in [4.78, 5) is 2.83. The van der Waals surface area contributed by atoms with E-state index in [0.29, 0.717) is 0 Å². The Hall–Kier alpha value is -0.0800. The van der Waals surface area contributed by atoms with E-state index in [0.717, 1.165) is 23.9 Å². The van der Waals surface area contributed by atoms with Gasteiger partial charge in [-0.3, -0.25) is 4.90 Å². The molecule has 0 aromatic carbocycles. The fraction of sp³-hybridized carbons (Fsp3) is 1.00. The van der Waals surface area contributed by atoms with Crippen molar-refractivity contribution >= 4 is 0 Å². The zero-order valence-electron chi connectivity index (χ0n) is 13.3. The zero-order valence-corrected chi connectivity index (χ0v) is 13.3. The van der Waals surface area contributed by atoms with E-state index in [9.17, 15) is 0 Å². The summed E-state index contributed by atoms with van der Waals surface area (Å²) in [6, 6.07) is 1.58. The van der Waals surface area contributed by atoms with Crippen LogP contribution in [0.4, 0.5) is 0 Å². The lowest BCUT2D eigenvalue weighted by molar-refractivity contribution is 0.0581. The maximum absolute atomic E-state index is 3.74. The van der Waals surface area contributed by atoms with Gasteiger partial charge in [-0.1, -0.05) is 33.6 Å². The predicted molar refractivity (Wildman–Crippen MR) is 83.5 cm³/mol. The third kappa shape index (κ3) is 4.19. The molecule has 0 spiro atoms. The monoisotopic (exact) mass is 266 g/mol. The SMILES string of the molecule is CCCN(CC1CCCCN1)C1C(C)CCCC1C. The second-order valence-electron chi connectivity index (χ2n) is 7.02. The fourth-order valence-electron chi connectivity index (χ4n) is 4.40. The van der Waals surface area contributed by atoms with Crippen molar-refractivity contribution in [3.05, 3.63) is 0 Å². The van der Waals surface area contributed by atoms with E-state index in [1.165, 1.54) is 64.6 Å². The molecule has 2 nitrogen and oxygen atoms in total. The molecule has 0 amide bonds. The number of hydrogen-bond donors (Lipinski definition) is 1. The molecule has 1 aliphatic carbocycles. The van der Waals surface area contributed by atoms with Crippen LogP contribution in [-0.2, 0) is 0 Å². The maximum Gasteiger partial charge on any atom is 0.0195 e. The number of hydrogen-bond acceptors (Lipinski definition) is 2. The van der Waals surface area contributed by atoms with E-state index < -0.39 is 0 Å². The molecule has 2 fully saturated rings. The van der Waals surface area contributed by atoms with E-state index in [-0.39, 0.29) is 0 Å². The molecule has 1 saturated carbocycles. The number of nitrogens with zero attached hydrogens (tertiary/aromatic N) is 1. The number of piperidine rings is 1. The van der Waals surface area contributed by atoms with Crippen LogP contribution < -0.4 is 5.32 Å². The Morgan fingerprint density at radius 1 is 1.00 bits per heavy atom. The molecule has 0 aromatic heterocycles. The molecule has 1 saturated heterocycles. The van der Waals surface area contributed by atoms with Crippen molar-refractivity contribution in [2.75, 3.05) is 19.6 Å². The average Bonchev–Trinajstić information content (AvgIpc) is 2.40. The van der Waals surface area contributed by atoms with Gasteiger partial charge in [0.2, 0.25) is 0 Å². The highest BCUT2D eigenvalue weighted by atomic mass is 15.2. The topological polar surface area (TPSA) is 15.3 Å². The Bertz CT molecular complexity index is 238. The van der Waals surface area contributed by atoms with Crippen molar-refractivity contribution in [1.29, 1.82) is 0 Å². The molecule has 1 heterocycles. The highest BCUT2D eigenvalue weighted by molar-refractivity contribution is 4.88. The van der Waals surface area contributed by atoms with Crippen LogP contribution in [0.2, 0.25) is 0 Å². The second-order valence-corrected chi connectivity index (χ2v) is 7.02. The van der Waals surface area contributed by atoms with Gasteiger partial charge in [-0.25, -0.2) is 0 Å². The average molecular weight is 266 g/mol. The van der Waals surface area contributed by atoms with Gasteiger partial charge in [0.15, 0.2) is 0 Å². The minimum absolute atomic E-state index is 0.752. The van der Waals surface area contributed by atoms with Crippen LogP contribution in [0.15, 0.2) is 0 Å². The summed E-state index contributed by atoms with van der Waals surface area (Å²) < 4.78 is 0. The minimum Gasteiger partial charge on any atom is -0.313 e. The first kappa shape index (κ1) is 15.3. The van der Waals surface area contributed by atoms with Gasteiger partial charge in [0.1, 0.15) is 0 Å². The first-order chi connectivity index (χ1) is 9.22. The van der Waals surface area contributed by atoms with Crippen molar-refractivity contribution in [1.82, 2.24) is 10.2 Å². The summed E-state index contributed by atoms with van der Waals surface area (Å²) in [6.07, 6.45) is 9.80. The molecule has 0 bridgehead atoms. The lowest BCUT2D eigenvalue weighted by Gasteiger charge is -2.44. The van der Waals surface area contributed by atoms with Gasteiger partial charge in [-0.15, -0.1) is 0 Å². The van der Waals surface area contributed by atoms with Crippen molar-refractivity contribution < 1.29 is 0 Å². The van der Waals surface area contributed by atoms with Crippen LogP contribution in [-0.4, -0.2) is 36.6 Å². The van der Waals surface area contributed by atoms with Crippen molar-refractivity contribution in [3.8, 4) is 0 Å². The summed E-state index contributed by atoms with van der Waals surface area (Å²) in [6.45, 7) is 11.1. The predicted octanol–water partition coefficient (Wildman–Crippen LogP) is 3.67. The number of nitrogens with one attached hydrogen (secondary N) is 1. The van der Waals surface area contributed by atoms with Gasteiger partial charge in [-0.05, 0) is 57.0 Å². The van der Waals surface area contributed by atoms with Crippen molar-refractivity contribution in [2.45, 2.75) is 77.8 Å². The highest BCUT2D eigenvalue weighted by Gasteiger charge is 2.33. The number of rotatable bonds is 5. The van der Waals surface area contributed by atoms with Crippen LogP contribution in [0.25, 0.3) is 0 Å². The van der Waals surface area contributed by atoms with Crippen LogP contribution in [0.3, 0.4) is 0 Å². The Morgan fingerprint density at radius 2 is 1.74 bits per heavy atom. The standard InChI is InChI=1S/C17H34N2/c1-4-12-19(13-16-10-5-6-11-18-16)17-14(2)8-7-9-15(17)3/h14-18H,4-13H2,1-3H3. The fourth-order valence-corrected chi connectivity index (χ4v) is 4.40. The first-order valence-electron chi connectivity index (χ1n) is 8.69. The normalized spacial score (nSPS) is 36.6. The van der Waals surface area contributed by atoms with Gasteiger partial charge in [0.25, 0.3) is 0 Å². The van der Waals surface area contributed by atoms with Gasteiger partial charge in [0, 0.05) is 18.6 Å². The summed E-state index contributed by atoms with van der Waals surface area (Å²) >= 11 is 0. The summed E-state index contributed by atoms with van der Waals surface area (Å²) in [5, 5.41) is 3.74. The molecule has 3 atom stereocenters. The largest absolute Gasteiger partial charge is 0.313 e. The molecule has 2 aliphatic rings. The van der Waals surface area contributed by atoms with E-state index in [1.54, 1.807) is 0 Å². The molecule has 1 aliphatic heterocycles. The molecule has 2 heteroatoms.